The van der Waals surface area contributed by atoms with Gasteiger partial charge in [0.05, 0.1) is 6.54 Å². The summed E-state index contributed by atoms with van der Waals surface area (Å²) < 4.78 is 0. The summed E-state index contributed by atoms with van der Waals surface area (Å²) in [7, 11) is 2.14. The van der Waals surface area contributed by atoms with Gasteiger partial charge in [0.1, 0.15) is 0 Å². The molecule has 0 aliphatic carbocycles. The molecule has 0 aliphatic rings. The molecule has 0 bridgehead atoms. The van der Waals surface area contributed by atoms with Gasteiger partial charge in [-0.15, -0.1) is 0 Å². The highest BCUT2D eigenvalue weighted by molar-refractivity contribution is 5.36. The molecular weight excluding hydrogens is 258 g/mol. The van der Waals surface area contributed by atoms with Crippen molar-refractivity contribution in [3.05, 3.63) is 65.5 Å². The van der Waals surface area contributed by atoms with Crippen LogP contribution in [-0.2, 0) is 13.0 Å². The van der Waals surface area contributed by atoms with Crippen LogP contribution in [0.5, 0.6) is 0 Å². The van der Waals surface area contributed by atoms with Crippen LogP contribution in [0.3, 0.4) is 0 Å². The predicted molar refractivity (Wildman–Crippen MR) is 86.6 cm³/mol. The van der Waals surface area contributed by atoms with Gasteiger partial charge in [-0.1, -0.05) is 24.0 Å². The molecule has 2 rings (SSSR count). The smallest absolute Gasteiger partial charge is 0.0555 e. The monoisotopic (exact) mass is 279 g/mol. The average Bonchev–Trinajstić information content (AvgIpc) is 2.53. The van der Waals surface area contributed by atoms with Crippen molar-refractivity contribution in [3.63, 3.8) is 0 Å². The van der Waals surface area contributed by atoms with Crippen molar-refractivity contribution in [1.82, 2.24) is 9.88 Å². The van der Waals surface area contributed by atoms with Crippen molar-refractivity contribution in [1.29, 1.82) is 0 Å². The second-order valence-corrected chi connectivity index (χ2v) is 5.05. The van der Waals surface area contributed by atoms with Crippen LogP contribution in [0.4, 0.5) is 0 Å². The number of hydrogen-bond donors (Lipinski definition) is 1. The van der Waals surface area contributed by atoms with Crippen LogP contribution in [0.1, 0.15) is 16.7 Å². The lowest BCUT2D eigenvalue weighted by molar-refractivity contribution is 0.331. The fourth-order valence-corrected chi connectivity index (χ4v) is 2.11. The van der Waals surface area contributed by atoms with E-state index >= 15 is 0 Å². The summed E-state index contributed by atoms with van der Waals surface area (Å²) in [4.78, 5) is 6.36. The van der Waals surface area contributed by atoms with E-state index in [1.807, 2.05) is 12.4 Å². The Bertz CT molecular complexity index is 594. The summed E-state index contributed by atoms with van der Waals surface area (Å²) in [6.45, 7) is 2.37. The van der Waals surface area contributed by atoms with Gasteiger partial charge in [0.25, 0.3) is 0 Å². The second kappa shape index (κ2) is 8.21. The van der Waals surface area contributed by atoms with Gasteiger partial charge in [-0.2, -0.15) is 0 Å². The van der Waals surface area contributed by atoms with Crippen molar-refractivity contribution in [3.8, 4) is 11.8 Å². The highest BCUT2D eigenvalue weighted by atomic mass is 15.1. The Morgan fingerprint density at radius 3 is 2.43 bits per heavy atom. The number of aromatic nitrogens is 1. The minimum absolute atomic E-state index is 0.402. The van der Waals surface area contributed by atoms with Crippen molar-refractivity contribution in [2.24, 2.45) is 5.73 Å². The van der Waals surface area contributed by atoms with Crippen LogP contribution >= 0.6 is 0 Å². The van der Waals surface area contributed by atoms with Crippen LogP contribution in [0, 0.1) is 11.8 Å². The molecule has 0 atom stereocenters. The Morgan fingerprint density at radius 2 is 1.76 bits per heavy atom. The summed E-state index contributed by atoms with van der Waals surface area (Å²) >= 11 is 0. The molecule has 0 saturated carbocycles. The Morgan fingerprint density at radius 1 is 1.05 bits per heavy atom. The molecule has 3 nitrogen and oxygen atoms in total. The molecule has 2 aromatic rings. The molecule has 0 unspecified atom stereocenters. The van der Waals surface area contributed by atoms with Crippen LogP contribution in [0.15, 0.2) is 48.8 Å². The van der Waals surface area contributed by atoms with Gasteiger partial charge in [0, 0.05) is 31.0 Å². The fourth-order valence-electron chi connectivity index (χ4n) is 2.11. The number of nitrogens with two attached hydrogens (primary N) is 1. The molecule has 1 aromatic heterocycles. The number of likely N-dealkylation sites (N-methyl/N-ethyl adjacent to an activating group) is 1. The summed E-state index contributed by atoms with van der Waals surface area (Å²) in [5.41, 5.74) is 9.01. The lowest BCUT2D eigenvalue weighted by Gasteiger charge is -2.16. The van der Waals surface area contributed by atoms with Gasteiger partial charge in [0.15, 0.2) is 0 Å². The third-order valence-corrected chi connectivity index (χ3v) is 3.27. The first kappa shape index (κ1) is 15.2. The summed E-state index contributed by atoms with van der Waals surface area (Å²) in [5, 5.41) is 0. The summed E-state index contributed by atoms with van der Waals surface area (Å²) in [5.74, 6) is 5.90. The van der Waals surface area contributed by atoms with E-state index in [0.29, 0.717) is 6.54 Å². The van der Waals surface area contributed by atoms with Gasteiger partial charge in [-0.05, 0) is 48.9 Å². The zero-order valence-corrected chi connectivity index (χ0v) is 12.4. The van der Waals surface area contributed by atoms with E-state index in [-0.39, 0.29) is 0 Å². The molecule has 21 heavy (non-hydrogen) atoms. The average molecular weight is 279 g/mol. The molecule has 0 fully saturated rings. The lowest BCUT2D eigenvalue weighted by atomic mass is 10.1. The molecule has 1 aromatic carbocycles. The Balaban J connectivity index is 1.83. The highest BCUT2D eigenvalue weighted by Crippen LogP contribution is 2.07. The van der Waals surface area contributed by atoms with E-state index in [0.717, 1.165) is 25.1 Å². The maximum absolute atomic E-state index is 5.37. The van der Waals surface area contributed by atoms with E-state index in [9.17, 15) is 0 Å². The third kappa shape index (κ3) is 5.39. The zero-order valence-electron chi connectivity index (χ0n) is 12.4. The molecule has 0 amide bonds. The Hall–Kier alpha value is -2.15. The topological polar surface area (TPSA) is 42.2 Å². The van der Waals surface area contributed by atoms with E-state index in [1.165, 1.54) is 11.1 Å². The van der Waals surface area contributed by atoms with Crippen LogP contribution < -0.4 is 5.73 Å². The Labute approximate surface area is 126 Å². The molecule has 2 N–H and O–H groups in total. The highest BCUT2D eigenvalue weighted by Gasteiger charge is 2.01. The first-order valence-corrected chi connectivity index (χ1v) is 7.13. The van der Waals surface area contributed by atoms with Gasteiger partial charge < -0.3 is 10.6 Å². The van der Waals surface area contributed by atoms with Crippen molar-refractivity contribution >= 4 is 0 Å². The third-order valence-electron chi connectivity index (χ3n) is 3.27. The second-order valence-electron chi connectivity index (χ2n) is 5.05. The maximum atomic E-state index is 5.37. The molecule has 108 valence electrons. The van der Waals surface area contributed by atoms with E-state index in [2.05, 4.69) is 65.2 Å². The lowest BCUT2D eigenvalue weighted by Crippen LogP contribution is -2.20. The zero-order chi connectivity index (χ0) is 14.9. The van der Waals surface area contributed by atoms with Crippen LogP contribution in [-0.4, -0.2) is 30.0 Å². The number of nitrogens with zero attached hydrogens (tertiary/aromatic N) is 2. The van der Waals surface area contributed by atoms with Crippen LogP contribution in [0.25, 0.3) is 0 Å². The van der Waals surface area contributed by atoms with E-state index in [4.69, 9.17) is 5.73 Å². The first-order chi connectivity index (χ1) is 10.3. The predicted octanol–water partition coefficient (Wildman–Crippen LogP) is 2.07. The maximum Gasteiger partial charge on any atom is 0.0555 e. The molecular formula is C18H21N3. The summed E-state index contributed by atoms with van der Waals surface area (Å²) in [6, 6.07) is 12.5. The normalized spacial score (nSPS) is 10.2. The molecule has 0 spiro atoms. The van der Waals surface area contributed by atoms with Crippen molar-refractivity contribution < 1.29 is 0 Å². The Kier molecular flexibility index (Phi) is 5.96. The standard InChI is InChI=1S/C18H21N3/c1-21(14-10-17-8-12-20-13-9-17)15-18-6-4-16(5-7-18)3-2-11-19/h4-9,12-13H,10-11,14-15,19H2,1H3. The van der Waals surface area contributed by atoms with Gasteiger partial charge in [-0.25, -0.2) is 0 Å². The molecule has 1 heterocycles. The number of hydrogen-bond acceptors (Lipinski definition) is 3. The van der Waals surface area contributed by atoms with Gasteiger partial charge in [-0.3, -0.25) is 4.98 Å². The molecule has 0 aliphatic heterocycles. The number of benzene rings is 1. The number of rotatable bonds is 5. The molecule has 3 heteroatoms. The minimum atomic E-state index is 0.402. The van der Waals surface area contributed by atoms with E-state index < -0.39 is 0 Å². The van der Waals surface area contributed by atoms with Crippen molar-refractivity contribution in [2.75, 3.05) is 20.1 Å². The summed E-state index contributed by atoms with van der Waals surface area (Å²) in [6.07, 6.45) is 4.73. The van der Waals surface area contributed by atoms with Gasteiger partial charge in [0.2, 0.25) is 0 Å². The largest absolute Gasteiger partial charge is 0.320 e. The van der Waals surface area contributed by atoms with Gasteiger partial charge >= 0.3 is 0 Å². The fraction of sp³-hybridized carbons (Fsp3) is 0.278. The van der Waals surface area contributed by atoms with Crippen LogP contribution in [0.2, 0.25) is 0 Å². The minimum Gasteiger partial charge on any atom is -0.320 e. The quantitative estimate of drug-likeness (QED) is 0.852. The first-order valence-electron chi connectivity index (χ1n) is 7.13. The van der Waals surface area contributed by atoms with E-state index in [1.54, 1.807) is 0 Å². The number of pyridine rings is 1. The molecule has 0 saturated heterocycles. The molecule has 0 radical (unpaired) electrons. The SMILES string of the molecule is CN(CCc1ccncc1)Cc1ccc(C#CCN)cc1. The van der Waals surface area contributed by atoms with Crippen molar-refractivity contribution in [2.45, 2.75) is 13.0 Å².